The molecule has 34 heavy (non-hydrogen) atoms. The number of carbonyl (C=O) groups excluding carboxylic acids is 1. The van der Waals surface area contributed by atoms with Crippen LogP contribution < -0.4 is 5.32 Å². The number of hydrogen-bond acceptors (Lipinski definition) is 8. The predicted octanol–water partition coefficient (Wildman–Crippen LogP) is 3.46. The average molecular weight is 496 g/mol. The molecule has 2 aromatic heterocycles. The third-order valence-corrected chi connectivity index (χ3v) is 7.88. The van der Waals surface area contributed by atoms with Gasteiger partial charge in [-0.1, -0.05) is 26.0 Å². The van der Waals surface area contributed by atoms with E-state index in [0.717, 1.165) is 28.1 Å². The van der Waals surface area contributed by atoms with Gasteiger partial charge in [0.15, 0.2) is 14.8 Å². The van der Waals surface area contributed by atoms with Crippen LogP contribution in [-0.4, -0.2) is 35.4 Å². The third kappa shape index (κ3) is 5.17. The van der Waals surface area contributed by atoms with Crippen molar-refractivity contribution in [2.45, 2.75) is 44.4 Å². The molecule has 3 heterocycles. The van der Waals surface area contributed by atoms with Gasteiger partial charge in [-0.25, -0.2) is 13.4 Å². The second-order valence-corrected chi connectivity index (χ2v) is 11.8. The number of carbonyl (C=O) groups is 1. The zero-order valence-corrected chi connectivity index (χ0v) is 20.8. The van der Waals surface area contributed by atoms with E-state index < -0.39 is 9.84 Å². The molecule has 0 fully saturated rings. The molecule has 0 radical (unpaired) electrons. The van der Waals surface area contributed by atoms with Gasteiger partial charge in [-0.15, -0.1) is 11.3 Å². The van der Waals surface area contributed by atoms with Gasteiger partial charge in [0.2, 0.25) is 0 Å². The minimum atomic E-state index is -3.25. The molecule has 1 amide bonds. The van der Waals surface area contributed by atoms with Gasteiger partial charge in [0.05, 0.1) is 27.9 Å². The van der Waals surface area contributed by atoms with Crippen LogP contribution in [0.3, 0.4) is 0 Å². The molecular weight excluding hydrogens is 470 g/mol. The number of sulfone groups is 1. The molecule has 0 spiro atoms. The summed E-state index contributed by atoms with van der Waals surface area (Å²) >= 11 is 1.41. The number of benzene rings is 1. The quantitative estimate of drug-likeness (QED) is 0.534. The Morgan fingerprint density at radius 1 is 1.26 bits per heavy atom. The molecule has 0 aliphatic carbocycles. The van der Waals surface area contributed by atoms with Gasteiger partial charge in [-0.2, -0.15) is 5.26 Å². The summed E-state index contributed by atoms with van der Waals surface area (Å²) in [5, 5.41) is 12.3. The van der Waals surface area contributed by atoms with Crippen molar-refractivity contribution in [3.05, 3.63) is 75.0 Å². The molecule has 1 atom stereocenters. The lowest BCUT2D eigenvalue weighted by Crippen LogP contribution is -2.27. The average Bonchev–Trinajstić information content (AvgIpc) is 3.35. The number of nitrogens with one attached hydrogen (secondary N) is 1. The second kappa shape index (κ2) is 9.62. The standard InChI is InChI=1S/C24H25N5O3S2/c1-15(2)22-21-20(14-29(22)13-18-7-4-17(10-25)12-26-18)33-24(28-21)23(30)27-11-16-5-8-19(9-6-16)34(3,31)32/h4-9,12,15,22H,11,13-14H2,1-3H3,(H,27,30)/t22-/m0/s1. The Bertz CT molecular complexity index is 1340. The van der Waals surface area contributed by atoms with E-state index in [9.17, 15) is 13.2 Å². The summed E-state index contributed by atoms with van der Waals surface area (Å²) in [7, 11) is -3.25. The first kappa shape index (κ1) is 24.0. The summed E-state index contributed by atoms with van der Waals surface area (Å²) < 4.78 is 23.2. The number of fused-ring (bicyclic) bond motifs is 1. The number of aromatic nitrogens is 2. The SMILES string of the molecule is CC(C)[C@H]1c2nc(C(=O)NCc3ccc(S(C)(=O)=O)cc3)sc2CN1Cc1ccc(C#N)cn1. The summed E-state index contributed by atoms with van der Waals surface area (Å²) in [6, 6.07) is 12.3. The van der Waals surface area contributed by atoms with E-state index in [1.54, 1.807) is 36.5 Å². The van der Waals surface area contributed by atoms with Gasteiger partial charge in [-0.05, 0) is 35.7 Å². The van der Waals surface area contributed by atoms with Crippen LogP contribution >= 0.6 is 11.3 Å². The highest BCUT2D eigenvalue weighted by atomic mass is 32.2. The van der Waals surface area contributed by atoms with Crippen molar-refractivity contribution in [1.29, 1.82) is 5.26 Å². The Morgan fingerprint density at radius 2 is 2.00 bits per heavy atom. The molecule has 3 aromatic rings. The highest BCUT2D eigenvalue weighted by molar-refractivity contribution is 7.90. The lowest BCUT2D eigenvalue weighted by molar-refractivity contribution is 0.0949. The van der Waals surface area contributed by atoms with Crippen LogP contribution in [0.25, 0.3) is 0 Å². The smallest absolute Gasteiger partial charge is 0.280 e. The fourth-order valence-corrected chi connectivity index (χ4v) is 5.73. The maximum absolute atomic E-state index is 12.8. The fraction of sp³-hybridized carbons (Fsp3) is 0.333. The maximum Gasteiger partial charge on any atom is 0.280 e. The van der Waals surface area contributed by atoms with Crippen LogP contribution in [0.2, 0.25) is 0 Å². The Morgan fingerprint density at radius 3 is 2.59 bits per heavy atom. The molecule has 8 nitrogen and oxygen atoms in total. The van der Waals surface area contributed by atoms with E-state index in [2.05, 4.69) is 35.1 Å². The molecular formula is C24H25N5O3S2. The van der Waals surface area contributed by atoms with Crippen molar-refractivity contribution in [2.24, 2.45) is 5.92 Å². The van der Waals surface area contributed by atoms with Crippen molar-refractivity contribution >= 4 is 27.1 Å². The van der Waals surface area contributed by atoms with Crippen molar-refractivity contribution in [3.63, 3.8) is 0 Å². The van der Waals surface area contributed by atoms with Gasteiger partial charge in [0.1, 0.15) is 6.07 Å². The highest BCUT2D eigenvalue weighted by Crippen LogP contribution is 2.41. The highest BCUT2D eigenvalue weighted by Gasteiger charge is 2.36. The molecule has 10 heteroatoms. The fourth-order valence-electron chi connectivity index (χ4n) is 4.06. The Balaban J connectivity index is 1.43. The van der Waals surface area contributed by atoms with Gasteiger partial charge < -0.3 is 5.32 Å². The summed E-state index contributed by atoms with van der Waals surface area (Å²) in [4.78, 5) is 25.5. The Kier molecular flexibility index (Phi) is 6.79. The van der Waals surface area contributed by atoms with Crippen molar-refractivity contribution < 1.29 is 13.2 Å². The molecule has 4 rings (SSSR count). The van der Waals surface area contributed by atoms with Gasteiger partial charge in [0.25, 0.3) is 5.91 Å². The van der Waals surface area contributed by atoms with Crippen molar-refractivity contribution in [1.82, 2.24) is 20.2 Å². The third-order valence-electron chi connectivity index (χ3n) is 5.70. The molecule has 0 unspecified atom stereocenters. The lowest BCUT2D eigenvalue weighted by atomic mass is 10.0. The number of pyridine rings is 1. The monoisotopic (exact) mass is 495 g/mol. The first-order valence-corrected chi connectivity index (χ1v) is 13.5. The molecule has 0 saturated carbocycles. The summed E-state index contributed by atoms with van der Waals surface area (Å²) in [6.07, 6.45) is 2.75. The number of hydrogen-bond donors (Lipinski definition) is 1. The maximum atomic E-state index is 12.8. The molecule has 176 valence electrons. The van der Waals surface area contributed by atoms with Crippen LogP contribution in [0.4, 0.5) is 0 Å². The predicted molar refractivity (Wildman–Crippen MR) is 129 cm³/mol. The van der Waals surface area contributed by atoms with Crippen molar-refractivity contribution in [2.75, 3.05) is 6.26 Å². The van der Waals surface area contributed by atoms with Crippen LogP contribution in [0, 0.1) is 17.2 Å². The zero-order valence-electron chi connectivity index (χ0n) is 19.1. The van der Waals surface area contributed by atoms with E-state index in [4.69, 9.17) is 10.2 Å². The Hall–Kier alpha value is -3.13. The topological polar surface area (TPSA) is 116 Å². The molecule has 1 aliphatic heterocycles. The van der Waals surface area contributed by atoms with E-state index in [1.807, 2.05) is 6.07 Å². The molecule has 1 aliphatic rings. The number of nitrogens with zero attached hydrogens (tertiary/aromatic N) is 4. The van der Waals surface area contributed by atoms with Crippen LogP contribution in [0.5, 0.6) is 0 Å². The largest absolute Gasteiger partial charge is 0.346 e. The number of nitriles is 1. The second-order valence-electron chi connectivity index (χ2n) is 8.67. The van der Waals surface area contributed by atoms with Gasteiger partial charge >= 0.3 is 0 Å². The van der Waals surface area contributed by atoms with Crippen LogP contribution in [0.1, 0.15) is 57.1 Å². The molecule has 1 N–H and O–H groups in total. The number of amides is 1. The van der Waals surface area contributed by atoms with E-state index >= 15 is 0 Å². The number of thiazole rings is 1. The summed E-state index contributed by atoms with van der Waals surface area (Å²) in [5.41, 5.74) is 3.18. The molecule has 0 saturated heterocycles. The van der Waals surface area contributed by atoms with E-state index in [1.165, 1.54) is 11.3 Å². The van der Waals surface area contributed by atoms with E-state index in [0.29, 0.717) is 29.6 Å². The van der Waals surface area contributed by atoms with Crippen LogP contribution in [0.15, 0.2) is 47.5 Å². The van der Waals surface area contributed by atoms with Crippen LogP contribution in [-0.2, 0) is 29.5 Å². The van der Waals surface area contributed by atoms with Crippen molar-refractivity contribution in [3.8, 4) is 6.07 Å². The summed E-state index contributed by atoms with van der Waals surface area (Å²) in [5.74, 6) is 0.0559. The summed E-state index contributed by atoms with van der Waals surface area (Å²) in [6.45, 7) is 5.90. The normalized spacial score (nSPS) is 15.8. The minimum Gasteiger partial charge on any atom is -0.346 e. The minimum absolute atomic E-state index is 0.0776. The lowest BCUT2D eigenvalue weighted by Gasteiger charge is -2.27. The molecule has 1 aromatic carbocycles. The molecule has 0 bridgehead atoms. The Labute approximate surface area is 203 Å². The number of rotatable bonds is 7. The van der Waals surface area contributed by atoms with E-state index in [-0.39, 0.29) is 23.4 Å². The zero-order chi connectivity index (χ0) is 24.5. The van der Waals surface area contributed by atoms with Gasteiger partial charge in [-0.3, -0.25) is 14.7 Å². The first-order chi connectivity index (χ1) is 16.2. The first-order valence-electron chi connectivity index (χ1n) is 10.8. The van der Waals surface area contributed by atoms with Gasteiger partial charge in [0, 0.05) is 37.0 Å².